The molecule has 1 amide bonds. The van der Waals surface area contributed by atoms with Gasteiger partial charge in [-0.1, -0.05) is 51.5 Å². The Bertz CT molecular complexity index is 317. The van der Waals surface area contributed by atoms with Crippen molar-refractivity contribution in [1.82, 2.24) is 5.32 Å². The molecule has 2 nitrogen and oxygen atoms in total. The number of nitrogens with one attached hydrogen (secondary N) is 1. The zero-order valence-corrected chi connectivity index (χ0v) is 13.1. The summed E-state index contributed by atoms with van der Waals surface area (Å²) >= 11 is 0. The second-order valence-electron chi connectivity index (χ2n) is 4.40. The maximum absolute atomic E-state index is 11.3. The fourth-order valence-electron chi connectivity index (χ4n) is 0.935. The number of amides is 1. The highest BCUT2D eigenvalue weighted by Gasteiger charge is 2.04. The van der Waals surface area contributed by atoms with Gasteiger partial charge in [0.05, 0.1) is 0 Å². The molecule has 1 rings (SSSR count). The molecule has 0 unspecified atom stereocenters. The standard InChI is InChI=1S/C10H13NO.C4H8.C3H8/c1-8(2)11-10(12)9-6-4-3-5-7-9;1-3-4-2;1-3-2/h3-8H,1-2H3,(H,11,12);3H,1,4H2,2H3;3H2,1-2H3. The first-order valence-corrected chi connectivity index (χ1v) is 7.00. The van der Waals surface area contributed by atoms with Gasteiger partial charge in [0.25, 0.3) is 5.91 Å². The number of carbonyl (C=O) groups excluding carboxylic acids is 1. The van der Waals surface area contributed by atoms with E-state index < -0.39 is 0 Å². The van der Waals surface area contributed by atoms with E-state index in [2.05, 4.69) is 32.7 Å². The summed E-state index contributed by atoms with van der Waals surface area (Å²) < 4.78 is 0. The van der Waals surface area contributed by atoms with E-state index in [1.165, 1.54) is 6.42 Å². The maximum Gasteiger partial charge on any atom is 0.251 e. The smallest absolute Gasteiger partial charge is 0.251 e. The van der Waals surface area contributed by atoms with Crippen LogP contribution >= 0.6 is 0 Å². The Balaban J connectivity index is 0. The minimum atomic E-state index is -0.00870. The first kappa shape index (κ1) is 19.8. The second kappa shape index (κ2) is 14.5. The summed E-state index contributed by atoms with van der Waals surface area (Å²) in [4.78, 5) is 11.3. The van der Waals surface area contributed by atoms with Crippen LogP contribution in [0.1, 0.15) is 57.8 Å². The summed E-state index contributed by atoms with van der Waals surface area (Å²) in [5.41, 5.74) is 0.714. The molecule has 0 bridgehead atoms. The molecule has 0 heterocycles. The van der Waals surface area contributed by atoms with Gasteiger partial charge >= 0.3 is 0 Å². The van der Waals surface area contributed by atoms with Crippen molar-refractivity contribution in [3.63, 3.8) is 0 Å². The third-order valence-electron chi connectivity index (χ3n) is 1.74. The predicted molar refractivity (Wildman–Crippen MR) is 85.5 cm³/mol. The van der Waals surface area contributed by atoms with Crippen molar-refractivity contribution in [1.29, 1.82) is 0 Å². The Hall–Kier alpha value is -1.57. The highest BCUT2D eigenvalue weighted by atomic mass is 16.1. The molecule has 1 aromatic rings. The van der Waals surface area contributed by atoms with E-state index in [4.69, 9.17) is 0 Å². The van der Waals surface area contributed by atoms with Crippen LogP contribution < -0.4 is 5.32 Å². The molecule has 0 fully saturated rings. The third-order valence-corrected chi connectivity index (χ3v) is 1.74. The summed E-state index contributed by atoms with van der Waals surface area (Å²) in [6.07, 6.45) is 4.21. The average molecular weight is 263 g/mol. The number of carbonyl (C=O) groups is 1. The van der Waals surface area contributed by atoms with Gasteiger partial charge in [-0.15, -0.1) is 6.58 Å². The summed E-state index contributed by atoms with van der Waals surface area (Å²) in [7, 11) is 0. The van der Waals surface area contributed by atoms with E-state index in [1.807, 2.05) is 38.1 Å². The normalized spacial score (nSPS) is 8.53. The lowest BCUT2D eigenvalue weighted by Crippen LogP contribution is -2.29. The SMILES string of the molecule is C=CCC.CC(C)NC(=O)c1ccccc1.CCC. The Kier molecular flexibility index (Phi) is 15.1. The van der Waals surface area contributed by atoms with E-state index in [0.717, 1.165) is 6.42 Å². The molecular weight excluding hydrogens is 234 g/mol. The highest BCUT2D eigenvalue weighted by Crippen LogP contribution is 1.98. The topological polar surface area (TPSA) is 29.1 Å². The van der Waals surface area contributed by atoms with Gasteiger partial charge in [-0.25, -0.2) is 0 Å². The molecule has 1 aromatic carbocycles. The zero-order valence-electron chi connectivity index (χ0n) is 13.1. The second-order valence-corrected chi connectivity index (χ2v) is 4.40. The molecule has 1 N–H and O–H groups in total. The van der Waals surface area contributed by atoms with Gasteiger partial charge in [-0.3, -0.25) is 4.79 Å². The van der Waals surface area contributed by atoms with Gasteiger partial charge in [0, 0.05) is 11.6 Å². The van der Waals surface area contributed by atoms with Crippen LogP contribution in [-0.4, -0.2) is 11.9 Å². The molecule has 0 radical (unpaired) electrons. The fraction of sp³-hybridized carbons (Fsp3) is 0.471. The van der Waals surface area contributed by atoms with E-state index in [0.29, 0.717) is 5.56 Å². The van der Waals surface area contributed by atoms with Crippen molar-refractivity contribution in [2.45, 2.75) is 53.5 Å². The summed E-state index contributed by atoms with van der Waals surface area (Å²) in [6, 6.07) is 9.41. The van der Waals surface area contributed by atoms with Crippen molar-refractivity contribution in [2.24, 2.45) is 0 Å². The number of hydrogen-bond donors (Lipinski definition) is 1. The maximum atomic E-state index is 11.3. The quantitative estimate of drug-likeness (QED) is 0.778. The van der Waals surface area contributed by atoms with Crippen LogP contribution in [0.15, 0.2) is 43.0 Å². The number of benzene rings is 1. The minimum Gasteiger partial charge on any atom is -0.350 e. The van der Waals surface area contributed by atoms with Crippen molar-refractivity contribution >= 4 is 5.91 Å². The average Bonchev–Trinajstić information content (AvgIpc) is 2.40. The number of hydrogen-bond acceptors (Lipinski definition) is 1. The number of rotatable bonds is 3. The summed E-state index contributed by atoms with van der Waals surface area (Å²) in [6.45, 7) is 13.7. The molecule has 19 heavy (non-hydrogen) atoms. The van der Waals surface area contributed by atoms with E-state index >= 15 is 0 Å². The van der Waals surface area contributed by atoms with E-state index in [-0.39, 0.29) is 11.9 Å². The Morgan fingerprint density at radius 3 is 1.95 bits per heavy atom. The molecule has 0 spiro atoms. The molecular formula is C17H29NO. The van der Waals surface area contributed by atoms with Gasteiger partial charge in [0.15, 0.2) is 0 Å². The lowest BCUT2D eigenvalue weighted by Gasteiger charge is -2.07. The van der Waals surface area contributed by atoms with E-state index in [9.17, 15) is 4.79 Å². The largest absolute Gasteiger partial charge is 0.350 e. The summed E-state index contributed by atoms with van der Waals surface area (Å²) in [5, 5.41) is 2.82. The van der Waals surface area contributed by atoms with Crippen LogP contribution in [0.3, 0.4) is 0 Å². The molecule has 0 saturated heterocycles. The van der Waals surface area contributed by atoms with Gasteiger partial charge in [-0.2, -0.15) is 0 Å². The first-order chi connectivity index (χ1) is 9.03. The number of allylic oxidation sites excluding steroid dienone is 1. The van der Waals surface area contributed by atoms with Crippen molar-refractivity contribution in [3.8, 4) is 0 Å². The molecule has 2 heteroatoms. The third kappa shape index (κ3) is 14.4. The lowest BCUT2D eigenvalue weighted by atomic mass is 10.2. The Labute approximate surface area is 118 Å². The van der Waals surface area contributed by atoms with Crippen molar-refractivity contribution < 1.29 is 4.79 Å². The fourth-order valence-corrected chi connectivity index (χ4v) is 0.935. The minimum absolute atomic E-state index is 0.00870. The van der Waals surface area contributed by atoms with Crippen molar-refractivity contribution in [3.05, 3.63) is 48.6 Å². The van der Waals surface area contributed by atoms with Gasteiger partial charge in [-0.05, 0) is 32.4 Å². The van der Waals surface area contributed by atoms with Crippen LogP contribution in [0.5, 0.6) is 0 Å². The first-order valence-electron chi connectivity index (χ1n) is 7.00. The lowest BCUT2D eigenvalue weighted by molar-refractivity contribution is 0.0943. The highest BCUT2D eigenvalue weighted by molar-refractivity contribution is 5.94. The molecule has 0 atom stereocenters. The van der Waals surface area contributed by atoms with Crippen LogP contribution in [0.25, 0.3) is 0 Å². The van der Waals surface area contributed by atoms with Crippen LogP contribution in [0, 0.1) is 0 Å². The van der Waals surface area contributed by atoms with E-state index in [1.54, 1.807) is 12.1 Å². The summed E-state index contributed by atoms with van der Waals surface area (Å²) in [5.74, 6) is -0.00870. The molecule has 108 valence electrons. The Morgan fingerprint density at radius 1 is 1.21 bits per heavy atom. The molecule has 0 aromatic heterocycles. The van der Waals surface area contributed by atoms with Gasteiger partial charge in [0.2, 0.25) is 0 Å². The molecule has 0 aliphatic rings. The monoisotopic (exact) mass is 263 g/mol. The van der Waals surface area contributed by atoms with Gasteiger partial charge in [0.1, 0.15) is 0 Å². The van der Waals surface area contributed by atoms with Crippen LogP contribution in [0.2, 0.25) is 0 Å². The predicted octanol–water partition coefficient (Wildman–Crippen LogP) is 4.82. The van der Waals surface area contributed by atoms with Crippen molar-refractivity contribution in [2.75, 3.05) is 0 Å². The molecule has 0 saturated carbocycles. The van der Waals surface area contributed by atoms with Crippen LogP contribution in [-0.2, 0) is 0 Å². The van der Waals surface area contributed by atoms with Gasteiger partial charge < -0.3 is 5.32 Å². The molecule has 0 aliphatic carbocycles. The Morgan fingerprint density at radius 2 is 1.63 bits per heavy atom. The van der Waals surface area contributed by atoms with Crippen LogP contribution in [0.4, 0.5) is 0 Å². The zero-order chi connectivity index (χ0) is 15.1. The molecule has 0 aliphatic heterocycles.